The molecule has 1 unspecified atom stereocenters. The van der Waals surface area contributed by atoms with Crippen LogP contribution >= 0.6 is 31.9 Å². The zero-order chi connectivity index (χ0) is 9.14. The van der Waals surface area contributed by atoms with Crippen LogP contribution in [0.3, 0.4) is 0 Å². The molecule has 0 aliphatic rings. The van der Waals surface area contributed by atoms with Gasteiger partial charge in [-0.1, -0.05) is 20.3 Å². The number of halogens is 2. The monoisotopic (exact) mass is 294 g/mol. The number of aromatic nitrogens is 2. The third kappa shape index (κ3) is 2.59. The molecule has 0 N–H and O–H groups in total. The second-order valence-corrected chi connectivity index (χ2v) is 4.61. The lowest BCUT2D eigenvalue weighted by molar-refractivity contribution is 0.432. The Kier molecular flexibility index (Phi) is 3.77. The van der Waals surface area contributed by atoms with Crippen LogP contribution in [0, 0.1) is 5.92 Å². The first-order chi connectivity index (χ1) is 5.63. The Labute approximate surface area is 89.6 Å². The number of hydrogen-bond donors (Lipinski definition) is 0. The van der Waals surface area contributed by atoms with Crippen molar-refractivity contribution in [3.63, 3.8) is 0 Å². The van der Waals surface area contributed by atoms with Crippen LogP contribution in [0.25, 0.3) is 0 Å². The normalized spacial score (nSPS) is 13.3. The Morgan fingerprint density at radius 1 is 1.58 bits per heavy atom. The minimum Gasteiger partial charge on any atom is -0.257 e. The fourth-order valence-electron chi connectivity index (χ4n) is 0.917. The summed E-state index contributed by atoms with van der Waals surface area (Å²) in [5.41, 5.74) is 0. The van der Waals surface area contributed by atoms with Crippen LogP contribution in [0.2, 0.25) is 0 Å². The van der Waals surface area contributed by atoms with Gasteiger partial charge in [0.25, 0.3) is 0 Å². The molecule has 0 aromatic carbocycles. The van der Waals surface area contributed by atoms with Gasteiger partial charge in [-0.05, 0) is 37.8 Å². The van der Waals surface area contributed by atoms with Gasteiger partial charge in [-0.15, -0.1) is 0 Å². The molecule has 0 saturated heterocycles. The van der Waals surface area contributed by atoms with Crippen molar-refractivity contribution in [2.24, 2.45) is 5.92 Å². The first-order valence-electron chi connectivity index (χ1n) is 4.02. The zero-order valence-electron chi connectivity index (χ0n) is 7.22. The fourth-order valence-corrected chi connectivity index (χ4v) is 2.07. The molecular weight excluding hydrogens is 284 g/mol. The fraction of sp³-hybridized carbons (Fsp3) is 0.625. The van der Waals surface area contributed by atoms with Gasteiger partial charge in [0, 0.05) is 12.6 Å². The van der Waals surface area contributed by atoms with Gasteiger partial charge in [-0.3, -0.25) is 4.68 Å². The molecule has 0 aliphatic carbocycles. The summed E-state index contributed by atoms with van der Waals surface area (Å²) in [6.07, 6.45) is 1.18. The van der Waals surface area contributed by atoms with Gasteiger partial charge < -0.3 is 0 Å². The highest BCUT2D eigenvalue weighted by molar-refractivity contribution is 9.11. The van der Waals surface area contributed by atoms with Crippen molar-refractivity contribution in [1.29, 1.82) is 0 Å². The third-order valence-corrected chi connectivity index (χ3v) is 2.91. The lowest BCUT2D eigenvalue weighted by atomic mass is 10.1. The van der Waals surface area contributed by atoms with Gasteiger partial charge in [-0.2, -0.15) is 5.10 Å². The van der Waals surface area contributed by atoms with E-state index in [9.17, 15) is 0 Å². The molecule has 0 radical (unpaired) electrons. The van der Waals surface area contributed by atoms with E-state index in [0.29, 0.717) is 5.92 Å². The van der Waals surface area contributed by atoms with E-state index in [1.54, 1.807) is 0 Å². The van der Waals surface area contributed by atoms with E-state index < -0.39 is 0 Å². The summed E-state index contributed by atoms with van der Waals surface area (Å²) in [7, 11) is 0. The van der Waals surface area contributed by atoms with Crippen LogP contribution in [-0.4, -0.2) is 9.78 Å². The van der Waals surface area contributed by atoms with Gasteiger partial charge in [0.05, 0.1) is 0 Å². The molecule has 0 fully saturated rings. The van der Waals surface area contributed by atoms with Crippen LogP contribution in [0.4, 0.5) is 0 Å². The molecule has 1 rings (SSSR count). The maximum Gasteiger partial charge on any atom is 0.129 e. The summed E-state index contributed by atoms with van der Waals surface area (Å²) in [5, 5.41) is 4.28. The summed E-state index contributed by atoms with van der Waals surface area (Å²) in [5.74, 6) is 0.674. The molecule has 1 aromatic rings. The highest BCUT2D eigenvalue weighted by Gasteiger charge is 2.06. The molecule has 0 spiro atoms. The largest absolute Gasteiger partial charge is 0.257 e. The van der Waals surface area contributed by atoms with E-state index in [1.165, 1.54) is 6.42 Å². The van der Waals surface area contributed by atoms with Crippen LogP contribution in [0.1, 0.15) is 20.3 Å². The van der Waals surface area contributed by atoms with Crippen molar-refractivity contribution in [2.75, 3.05) is 0 Å². The number of rotatable bonds is 3. The summed E-state index contributed by atoms with van der Waals surface area (Å²) in [6, 6.07) is 1.96. The van der Waals surface area contributed by atoms with E-state index >= 15 is 0 Å². The molecule has 0 saturated carbocycles. The lowest BCUT2D eigenvalue weighted by Crippen LogP contribution is -2.08. The molecule has 2 nitrogen and oxygen atoms in total. The van der Waals surface area contributed by atoms with E-state index in [0.717, 1.165) is 15.8 Å². The van der Waals surface area contributed by atoms with Gasteiger partial charge in [0.2, 0.25) is 0 Å². The quantitative estimate of drug-likeness (QED) is 0.835. The Morgan fingerprint density at radius 2 is 2.25 bits per heavy atom. The predicted molar refractivity (Wildman–Crippen MR) is 57.1 cm³/mol. The highest BCUT2D eigenvalue weighted by atomic mass is 79.9. The third-order valence-electron chi connectivity index (χ3n) is 1.88. The van der Waals surface area contributed by atoms with E-state index in [-0.39, 0.29) is 0 Å². The Hall–Kier alpha value is 0.170. The number of nitrogens with zero attached hydrogens (tertiary/aromatic N) is 2. The molecule has 0 bridgehead atoms. The van der Waals surface area contributed by atoms with Crippen molar-refractivity contribution in [2.45, 2.75) is 26.8 Å². The Morgan fingerprint density at radius 3 is 2.67 bits per heavy atom. The lowest BCUT2D eigenvalue weighted by Gasteiger charge is -2.08. The van der Waals surface area contributed by atoms with Gasteiger partial charge in [0.1, 0.15) is 9.21 Å². The summed E-state index contributed by atoms with van der Waals surface area (Å²) >= 11 is 6.78. The Bertz CT molecular complexity index is 258. The molecule has 4 heteroatoms. The molecule has 0 amide bonds. The van der Waals surface area contributed by atoms with Crippen molar-refractivity contribution in [3.05, 3.63) is 15.3 Å². The second-order valence-electron chi connectivity index (χ2n) is 2.99. The Balaban J connectivity index is 2.68. The predicted octanol–water partition coefficient (Wildman–Crippen LogP) is 3.45. The molecule has 1 heterocycles. The smallest absolute Gasteiger partial charge is 0.129 e. The molecule has 0 aliphatic heterocycles. The average Bonchev–Trinajstić information content (AvgIpc) is 2.30. The van der Waals surface area contributed by atoms with E-state index in [1.807, 2.05) is 10.7 Å². The summed E-state index contributed by atoms with van der Waals surface area (Å²) in [6.45, 7) is 5.39. The minimum atomic E-state index is 0.674. The minimum absolute atomic E-state index is 0.674. The van der Waals surface area contributed by atoms with Crippen molar-refractivity contribution in [1.82, 2.24) is 9.78 Å². The molecule has 68 valence electrons. The summed E-state index contributed by atoms with van der Waals surface area (Å²) in [4.78, 5) is 0. The van der Waals surface area contributed by atoms with Gasteiger partial charge >= 0.3 is 0 Å². The zero-order valence-corrected chi connectivity index (χ0v) is 10.4. The maximum absolute atomic E-state index is 4.28. The molecule has 12 heavy (non-hydrogen) atoms. The second kappa shape index (κ2) is 4.42. The molecule has 1 atom stereocenters. The first-order valence-corrected chi connectivity index (χ1v) is 5.61. The maximum atomic E-state index is 4.28. The van der Waals surface area contributed by atoms with Crippen molar-refractivity contribution in [3.8, 4) is 0 Å². The van der Waals surface area contributed by atoms with Crippen LogP contribution < -0.4 is 0 Å². The first kappa shape index (κ1) is 10.3. The van der Waals surface area contributed by atoms with Crippen LogP contribution in [-0.2, 0) is 6.54 Å². The molecular formula is C8H12Br2N2. The van der Waals surface area contributed by atoms with Crippen LogP contribution in [0.5, 0.6) is 0 Å². The van der Waals surface area contributed by atoms with Crippen molar-refractivity contribution < 1.29 is 0 Å². The van der Waals surface area contributed by atoms with Crippen LogP contribution in [0.15, 0.2) is 15.3 Å². The van der Waals surface area contributed by atoms with Crippen molar-refractivity contribution >= 4 is 31.9 Å². The topological polar surface area (TPSA) is 17.8 Å². The highest BCUT2D eigenvalue weighted by Crippen LogP contribution is 2.18. The van der Waals surface area contributed by atoms with Gasteiger partial charge in [-0.25, -0.2) is 0 Å². The van der Waals surface area contributed by atoms with E-state index in [2.05, 4.69) is 50.8 Å². The van der Waals surface area contributed by atoms with E-state index in [4.69, 9.17) is 0 Å². The SMILES string of the molecule is CCC(C)Cn1nc(Br)cc1Br. The summed E-state index contributed by atoms with van der Waals surface area (Å²) < 4.78 is 3.89. The van der Waals surface area contributed by atoms with Gasteiger partial charge in [0.15, 0.2) is 0 Å². The average molecular weight is 296 g/mol. The number of hydrogen-bond acceptors (Lipinski definition) is 1. The molecule has 1 aromatic heterocycles. The standard InChI is InChI=1S/C8H12Br2N2/c1-3-6(2)5-12-8(10)4-7(9)11-12/h4,6H,3,5H2,1-2H3.